The fourth-order valence-corrected chi connectivity index (χ4v) is 2.38. The smallest absolute Gasteiger partial charge is 0.0984 e. The fraction of sp³-hybridized carbons (Fsp3) is 0.750. The fourth-order valence-electron chi connectivity index (χ4n) is 1.29. The Labute approximate surface area is 102 Å². The number of nitrogens with one attached hydrogen (secondary N) is 1. The number of aromatic nitrogens is 1. The molecule has 1 aromatic heterocycles. The molecule has 0 aliphatic carbocycles. The van der Waals surface area contributed by atoms with E-state index in [-0.39, 0.29) is 5.41 Å². The Balaban J connectivity index is 2.57. The van der Waals surface area contributed by atoms with Gasteiger partial charge in [-0.05, 0) is 6.92 Å². The molecular weight excluding hydrogens is 220 g/mol. The zero-order chi connectivity index (χ0) is 12.2. The highest BCUT2D eigenvalue weighted by molar-refractivity contribution is 7.11. The van der Waals surface area contributed by atoms with Crippen molar-refractivity contribution in [3.05, 3.63) is 15.6 Å². The first kappa shape index (κ1) is 13.6. The Morgan fingerprint density at radius 1 is 1.38 bits per heavy atom. The van der Waals surface area contributed by atoms with E-state index in [1.54, 1.807) is 7.11 Å². The Morgan fingerprint density at radius 3 is 2.56 bits per heavy atom. The largest absolute Gasteiger partial charge is 0.383 e. The molecule has 0 saturated heterocycles. The molecule has 1 rings (SSSR count). The molecule has 0 amide bonds. The molecule has 92 valence electrons. The van der Waals surface area contributed by atoms with Crippen LogP contribution in [0.15, 0.2) is 0 Å². The third kappa shape index (κ3) is 3.85. The maximum absolute atomic E-state index is 4.99. The van der Waals surface area contributed by atoms with Crippen molar-refractivity contribution in [2.24, 2.45) is 0 Å². The number of thiazole rings is 1. The second-order valence-corrected chi connectivity index (χ2v) is 6.03. The topological polar surface area (TPSA) is 34.1 Å². The molecule has 0 aliphatic rings. The van der Waals surface area contributed by atoms with E-state index < -0.39 is 0 Å². The molecule has 16 heavy (non-hydrogen) atoms. The van der Waals surface area contributed by atoms with Crippen molar-refractivity contribution in [1.29, 1.82) is 0 Å². The lowest BCUT2D eigenvalue weighted by Crippen LogP contribution is -2.18. The van der Waals surface area contributed by atoms with E-state index in [1.165, 1.54) is 9.88 Å². The summed E-state index contributed by atoms with van der Waals surface area (Å²) in [5, 5.41) is 4.57. The minimum atomic E-state index is 0.153. The van der Waals surface area contributed by atoms with E-state index in [0.717, 1.165) is 25.4 Å². The molecule has 0 spiro atoms. The van der Waals surface area contributed by atoms with E-state index in [4.69, 9.17) is 4.74 Å². The first-order chi connectivity index (χ1) is 7.45. The highest BCUT2D eigenvalue weighted by Gasteiger charge is 2.19. The summed E-state index contributed by atoms with van der Waals surface area (Å²) in [5.74, 6) is 0. The van der Waals surface area contributed by atoms with Crippen LogP contribution in [0, 0.1) is 6.92 Å². The average Bonchev–Trinajstić information content (AvgIpc) is 2.55. The van der Waals surface area contributed by atoms with Crippen LogP contribution in [0.4, 0.5) is 0 Å². The van der Waals surface area contributed by atoms with Gasteiger partial charge < -0.3 is 10.1 Å². The van der Waals surface area contributed by atoms with Gasteiger partial charge in [0.15, 0.2) is 0 Å². The normalized spacial score (nSPS) is 12.1. The number of rotatable bonds is 5. The van der Waals surface area contributed by atoms with E-state index in [2.05, 4.69) is 38.0 Å². The predicted octanol–water partition coefficient (Wildman–Crippen LogP) is 2.49. The molecule has 0 aromatic carbocycles. The standard InChI is InChI=1S/C12H22N2OS/c1-9-10(8-13-6-7-15-5)16-11(14-9)12(2,3)4/h13H,6-8H2,1-5H3. The maximum Gasteiger partial charge on any atom is 0.0984 e. The van der Waals surface area contributed by atoms with Gasteiger partial charge in [0.1, 0.15) is 0 Å². The molecule has 0 fully saturated rings. The van der Waals surface area contributed by atoms with E-state index in [0.29, 0.717) is 0 Å². The summed E-state index contributed by atoms with van der Waals surface area (Å²) in [4.78, 5) is 5.96. The van der Waals surface area contributed by atoms with Crippen molar-refractivity contribution in [3.8, 4) is 0 Å². The molecule has 0 radical (unpaired) electrons. The molecule has 1 aromatic rings. The predicted molar refractivity (Wildman–Crippen MR) is 69.1 cm³/mol. The quantitative estimate of drug-likeness (QED) is 0.806. The third-order valence-corrected chi connectivity index (χ3v) is 3.89. The Bertz CT molecular complexity index is 328. The van der Waals surface area contributed by atoms with Gasteiger partial charge in [-0.3, -0.25) is 0 Å². The summed E-state index contributed by atoms with van der Waals surface area (Å²) in [6, 6.07) is 0. The van der Waals surface area contributed by atoms with Gasteiger partial charge in [0.05, 0.1) is 17.3 Å². The van der Waals surface area contributed by atoms with Gasteiger partial charge >= 0.3 is 0 Å². The lowest BCUT2D eigenvalue weighted by Gasteiger charge is -2.13. The summed E-state index contributed by atoms with van der Waals surface area (Å²) < 4.78 is 4.99. The van der Waals surface area contributed by atoms with Crippen LogP contribution in [0.5, 0.6) is 0 Å². The summed E-state index contributed by atoms with van der Waals surface area (Å²) in [6.07, 6.45) is 0. The number of ether oxygens (including phenoxy) is 1. The van der Waals surface area contributed by atoms with Crippen molar-refractivity contribution in [1.82, 2.24) is 10.3 Å². The van der Waals surface area contributed by atoms with Crippen LogP contribution >= 0.6 is 11.3 Å². The lowest BCUT2D eigenvalue weighted by atomic mass is 9.98. The molecule has 1 heterocycles. The monoisotopic (exact) mass is 242 g/mol. The summed E-state index contributed by atoms with van der Waals surface area (Å²) in [6.45, 7) is 11.2. The van der Waals surface area contributed by atoms with Gasteiger partial charge in [-0.15, -0.1) is 11.3 Å². The van der Waals surface area contributed by atoms with Gasteiger partial charge in [-0.2, -0.15) is 0 Å². The highest BCUT2D eigenvalue weighted by atomic mass is 32.1. The Kier molecular flexibility index (Phi) is 4.89. The third-order valence-electron chi connectivity index (χ3n) is 2.30. The van der Waals surface area contributed by atoms with Gasteiger partial charge in [0.25, 0.3) is 0 Å². The van der Waals surface area contributed by atoms with Crippen molar-refractivity contribution in [3.63, 3.8) is 0 Å². The highest BCUT2D eigenvalue weighted by Crippen LogP contribution is 2.28. The van der Waals surface area contributed by atoms with Gasteiger partial charge in [0.2, 0.25) is 0 Å². The first-order valence-corrected chi connectivity index (χ1v) is 6.43. The van der Waals surface area contributed by atoms with Gasteiger partial charge in [0, 0.05) is 30.5 Å². The van der Waals surface area contributed by atoms with E-state index >= 15 is 0 Å². The molecule has 0 saturated carbocycles. The minimum absolute atomic E-state index is 0.153. The van der Waals surface area contributed by atoms with Crippen molar-refractivity contribution in [2.45, 2.75) is 39.7 Å². The zero-order valence-corrected chi connectivity index (χ0v) is 11.7. The molecule has 0 atom stereocenters. The average molecular weight is 242 g/mol. The number of hydrogen-bond donors (Lipinski definition) is 1. The summed E-state index contributed by atoms with van der Waals surface area (Å²) in [7, 11) is 1.72. The molecule has 0 aliphatic heterocycles. The number of aryl methyl sites for hydroxylation is 1. The second-order valence-electron chi connectivity index (χ2n) is 4.95. The van der Waals surface area contributed by atoms with Gasteiger partial charge in [-0.1, -0.05) is 20.8 Å². The molecule has 1 N–H and O–H groups in total. The summed E-state index contributed by atoms with van der Waals surface area (Å²) in [5.41, 5.74) is 1.31. The molecule has 0 unspecified atom stereocenters. The van der Waals surface area contributed by atoms with Crippen LogP contribution in [0.1, 0.15) is 36.3 Å². The van der Waals surface area contributed by atoms with E-state index in [1.807, 2.05) is 11.3 Å². The molecular formula is C12H22N2OS. The number of methoxy groups -OCH3 is 1. The number of hydrogen-bond acceptors (Lipinski definition) is 4. The second kappa shape index (κ2) is 5.75. The van der Waals surface area contributed by atoms with Crippen molar-refractivity contribution >= 4 is 11.3 Å². The van der Waals surface area contributed by atoms with Crippen molar-refractivity contribution in [2.75, 3.05) is 20.3 Å². The first-order valence-electron chi connectivity index (χ1n) is 5.61. The molecule has 3 nitrogen and oxygen atoms in total. The van der Waals surface area contributed by atoms with Crippen LogP contribution in [0.2, 0.25) is 0 Å². The van der Waals surface area contributed by atoms with E-state index in [9.17, 15) is 0 Å². The van der Waals surface area contributed by atoms with Crippen LogP contribution in [0.3, 0.4) is 0 Å². The lowest BCUT2D eigenvalue weighted by molar-refractivity contribution is 0.199. The zero-order valence-electron chi connectivity index (χ0n) is 10.9. The maximum atomic E-state index is 4.99. The number of nitrogens with zero attached hydrogens (tertiary/aromatic N) is 1. The van der Waals surface area contributed by atoms with Crippen LogP contribution in [-0.2, 0) is 16.7 Å². The van der Waals surface area contributed by atoms with Crippen molar-refractivity contribution < 1.29 is 4.74 Å². The van der Waals surface area contributed by atoms with Crippen LogP contribution < -0.4 is 5.32 Å². The molecule has 0 bridgehead atoms. The minimum Gasteiger partial charge on any atom is -0.383 e. The SMILES string of the molecule is COCCNCc1sc(C(C)(C)C)nc1C. The van der Waals surface area contributed by atoms with Gasteiger partial charge in [-0.25, -0.2) is 4.98 Å². The Morgan fingerprint density at radius 2 is 2.06 bits per heavy atom. The molecule has 4 heteroatoms. The summed E-state index contributed by atoms with van der Waals surface area (Å²) >= 11 is 1.81. The van der Waals surface area contributed by atoms with Crippen LogP contribution in [0.25, 0.3) is 0 Å². The van der Waals surface area contributed by atoms with Crippen LogP contribution in [-0.4, -0.2) is 25.2 Å². The Hall–Kier alpha value is -0.450.